The highest BCUT2D eigenvalue weighted by atomic mass is 35.5. The molecule has 0 aliphatic carbocycles. The second-order valence-corrected chi connectivity index (χ2v) is 9.85. The van der Waals surface area contributed by atoms with Crippen molar-refractivity contribution in [3.8, 4) is 0 Å². The standard InChI is InChI=1S/C31H34ClFN4O/c1-3-18-34-36-30(38)16-15-23-11-13-24(14-12-23)20-37(21-25-7-6-9-28(32)31(25)33)19-17-26-22(2)35-29-10-5-4-8-27(26)29/h4-16,34-35H,3,17-21H2,1-2H3,(H,36,38)/b16-15+. The smallest absolute Gasteiger partial charge is 0.258 e. The molecule has 0 spiro atoms. The minimum Gasteiger partial charge on any atom is -0.358 e. The number of carbonyl (C=O) groups is 1. The lowest BCUT2D eigenvalue weighted by Crippen LogP contribution is -2.36. The number of nitrogens with zero attached hydrogens (tertiary/aromatic N) is 1. The van der Waals surface area contributed by atoms with Crippen LogP contribution in [-0.2, 0) is 24.3 Å². The van der Waals surface area contributed by atoms with E-state index in [0.717, 1.165) is 48.3 Å². The van der Waals surface area contributed by atoms with E-state index in [4.69, 9.17) is 11.6 Å². The third-order valence-corrected chi connectivity index (χ3v) is 6.82. The average molecular weight is 533 g/mol. The molecule has 5 nitrogen and oxygen atoms in total. The molecule has 0 fully saturated rings. The van der Waals surface area contributed by atoms with Crippen LogP contribution >= 0.6 is 11.6 Å². The van der Waals surface area contributed by atoms with Crippen LogP contribution in [0.5, 0.6) is 0 Å². The number of hydrogen-bond donors (Lipinski definition) is 3. The van der Waals surface area contributed by atoms with Gasteiger partial charge in [0.15, 0.2) is 0 Å². The summed E-state index contributed by atoms with van der Waals surface area (Å²) in [6.45, 7) is 6.71. The summed E-state index contributed by atoms with van der Waals surface area (Å²) < 4.78 is 14.8. The van der Waals surface area contributed by atoms with Crippen molar-refractivity contribution in [2.45, 2.75) is 39.8 Å². The first-order valence-corrected chi connectivity index (χ1v) is 13.3. The molecule has 38 heavy (non-hydrogen) atoms. The Morgan fingerprint density at radius 3 is 2.63 bits per heavy atom. The highest BCUT2D eigenvalue weighted by Gasteiger charge is 2.15. The van der Waals surface area contributed by atoms with E-state index < -0.39 is 0 Å². The molecule has 3 aromatic carbocycles. The zero-order valence-electron chi connectivity index (χ0n) is 21.9. The van der Waals surface area contributed by atoms with Crippen LogP contribution < -0.4 is 10.9 Å². The van der Waals surface area contributed by atoms with E-state index in [0.29, 0.717) is 18.7 Å². The zero-order chi connectivity index (χ0) is 26.9. The molecule has 0 saturated heterocycles. The highest BCUT2D eigenvalue weighted by Crippen LogP contribution is 2.24. The van der Waals surface area contributed by atoms with Gasteiger partial charge in [-0.25, -0.2) is 9.82 Å². The number of H-pyrrole nitrogens is 1. The molecule has 3 N–H and O–H groups in total. The van der Waals surface area contributed by atoms with Gasteiger partial charge >= 0.3 is 0 Å². The number of aromatic amines is 1. The molecule has 198 valence electrons. The topological polar surface area (TPSA) is 60.2 Å². The second-order valence-electron chi connectivity index (χ2n) is 9.44. The van der Waals surface area contributed by atoms with Gasteiger partial charge in [0.2, 0.25) is 0 Å². The highest BCUT2D eigenvalue weighted by molar-refractivity contribution is 6.30. The van der Waals surface area contributed by atoms with E-state index in [1.165, 1.54) is 17.0 Å². The first-order valence-electron chi connectivity index (χ1n) is 13.0. The van der Waals surface area contributed by atoms with Gasteiger partial charge in [-0.15, -0.1) is 0 Å². The van der Waals surface area contributed by atoms with E-state index in [2.05, 4.69) is 45.9 Å². The van der Waals surface area contributed by atoms with Crippen molar-refractivity contribution >= 4 is 34.5 Å². The number of halogens is 2. The lowest BCUT2D eigenvalue weighted by Gasteiger charge is -2.23. The number of hydrogen-bond acceptors (Lipinski definition) is 3. The SMILES string of the molecule is CCCNNC(=O)/C=C/c1ccc(CN(CCc2c(C)[nH]c3ccccc23)Cc2cccc(Cl)c2F)cc1. The van der Waals surface area contributed by atoms with Gasteiger partial charge < -0.3 is 4.98 Å². The number of amides is 1. The molecule has 0 bridgehead atoms. The summed E-state index contributed by atoms with van der Waals surface area (Å²) >= 11 is 6.07. The summed E-state index contributed by atoms with van der Waals surface area (Å²) in [5.74, 6) is -0.556. The zero-order valence-corrected chi connectivity index (χ0v) is 22.6. The first kappa shape index (κ1) is 27.6. The number of benzene rings is 3. The third kappa shape index (κ3) is 7.32. The Bertz CT molecular complexity index is 1400. The molecule has 4 rings (SSSR count). The van der Waals surface area contributed by atoms with Crippen molar-refractivity contribution in [1.82, 2.24) is 20.7 Å². The van der Waals surface area contributed by atoms with Crippen LogP contribution in [0.4, 0.5) is 4.39 Å². The Hall–Kier alpha value is -3.45. The van der Waals surface area contributed by atoms with Crippen molar-refractivity contribution in [2.24, 2.45) is 0 Å². The van der Waals surface area contributed by atoms with Crippen molar-refractivity contribution in [3.05, 3.63) is 112 Å². The maximum atomic E-state index is 14.8. The number of fused-ring (bicyclic) bond motifs is 1. The monoisotopic (exact) mass is 532 g/mol. The van der Waals surface area contributed by atoms with Crippen molar-refractivity contribution in [1.29, 1.82) is 0 Å². The molecular weight excluding hydrogens is 499 g/mol. The molecular formula is C31H34ClFN4O. The molecule has 1 aromatic heterocycles. The second kappa shape index (κ2) is 13.4. The van der Waals surface area contributed by atoms with Gasteiger partial charge in [0.05, 0.1) is 5.02 Å². The lowest BCUT2D eigenvalue weighted by atomic mass is 10.1. The number of nitrogens with one attached hydrogen (secondary N) is 3. The van der Waals surface area contributed by atoms with Crippen LogP contribution in [0.3, 0.4) is 0 Å². The minimum atomic E-state index is -0.366. The summed E-state index contributed by atoms with van der Waals surface area (Å²) in [5, 5.41) is 1.36. The van der Waals surface area contributed by atoms with Gasteiger partial charge in [-0.1, -0.05) is 73.1 Å². The largest absolute Gasteiger partial charge is 0.358 e. The van der Waals surface area contributed by atoms with Crippen LogP contribution in [0.2, 0.25) is 5.02 Å². The van der Waals surface area contributed by atoms with E-state index in [1.54, 1.807) is 24.3 Å². The van der Waals surface area contributed by atoms with Crippen LogP contribution in [0.15, 0.2) is 72.8 Å². The number of carbonyl (C=O) groups excluding carboxylic acids is 1. The van der Waals surface area contributed by atoms with E-state index in [-0.39, 0.29) is 16.7 Å². The Balaban J connectivity index is 1.47. The minimum absolute atomic E-state index is 0.139. The third-order valence-electron chi connectivity index (χ3n) is 6.53. The molecule has 0 saturated carbocycles. The van der Waals surface area contributed by atoms with E-state index >= 15 is 0 Å². The number of hydrazine groups is 1. The molecule has 0 atom stereocenters. The van der Waals surface area contributed by atoms with Crippen LogP contribution in [-0.4, -0.2) is 28.9 Å². The Morgan fingerprint density at radius 1 is 1.05 bits per heavy atom. The van der Waals surface area contributed by atoms with Crippen molar-refractivity contribution < 1.29 is 9.18 Å². The predicted molar refractivity (Wildman–Crippen MR) is 154 cm³/mol. The molecule has 7 heteroatoms. The molecule has 1 amide bonds. The lowest BCUT2D eigenvalue weighted by molar-refractivity contribution is -0.117. The van der Waals surface area contributed by atoms with Gasteiger partial charge in [-0.3, -0.25) is 15.1 Å². The quantitative estimate of drug-likeness (QED) is 0.110. The summed E-state index contributed by atoms with van der Waals surface area (Å²) in [5.41, 5.74) is 11.7. The van der Waals surface area contributed by atoms with Crippen molar-refractivity contribution in [2.75, 3.05) is 13.1 Å². The molecule has 0 aliphatic rings. The average Bonchev–Trinajstić information content (AvgIpc) is 3.24. The molecule has 0 unspecified atom stereocenters. The van der Waals surface area contributed by atoms with Gasteiger partial charge in [-0.05, 0) is 54.7 Å². The summed E-state index contributed by atoms with van der Waals surface area (Å²) in [4.78, 5) is 17.6. The summed E-state index contributed by atoms with van der Waals surface area (Å²) in [7, 11) is 0. The molecule has 0 radical (unpaired) electrons. The maximum absolute atomic E-state index is 14.8. The molecule has 1 heterocycles. The van der Waals surface area contributed by atoms with Crippen LogP contribution in [0, 0.1) is 12.7 Å². The summed E-state index contributed by atoms with van der Waals surface area (Å²) in [6.07, 6.45) is 5.06. The van der Waals surface area contributed by atoms with E-state index in [1.807, 2.05) is 37.3 Å². The maximum Gasteiger partial charge on any atom is 0.258 e. The molecule has 0 aliphatic heterocycles. The number of aromatic nitrogens is 1. The Kier molecular flexibility index (Phi) is 9.71. The van der Waals surface area contributed by atoms with Crippen molar-refractivity contribution in [3.63, 3.8) is 0 Å². The van der Waals surface area contributed by atoms with E-state index in [9.17, 15) is 9.18 Å². The van der Waals surface area contributed by atoms with Gasteiger partial charge in [-0.2, -0.15) is 0 Å². The first-order chi connectivity index (χ1) is 18.4. The van der Waals surface area contributed by atoms with Crippen LogP contribution in [0.1, 0.15) is 41.3 Å². The van der Waals surface area contributed by atoms with Gasteiger partial charge in [0.1, 0.15) is 5.82 Å². The predicted octanol–water partition coefficient (Wildman–Crippen LogP) is 6.56. The van der Waals surface area contributed by atoms with Gasteiger partial charge in [0, 0.05) is 54.4 Å². The Morgan fingerprint density at radius 2 is 1.84 bits per heavy atom. The van der Waals surface area contributed by atoms with Crippen LogP contribution in [0.25, 0.3) is 17.0 Å². The fourth-order valence-electron chi connectivity index (χ4n) is 4.53. The molecule has 4 aromatic rings. The normalized spacial score (nSPS) is 11.6. The number of para-hydroxylation sites is 1. The van der Waals surface area contributed by atoms with Gasteiger partial charge in [0.25, 0.3) is 5.91 Å². The Labute approximate surface area is 228 Å². The fourth-order valence-corrected chi connectivity index (χ4v) is 4.73. The summed E-state index contributed by atoms with van der Waals surface area (Å²) in [6, 6.07) is 21.5. The number of rotatable bonds is 12. The number of aryl methyl sites for hydroxylation is 1. The fraction of sp³-hybridized carbons (Fsp3) is 0.258.